The molecule has 0 amide bonds. The first-order valence-corrected chi connectivity index (χ1v) is 8.39. The fraction of sp³-hybridized carbons (Fsp3) is 0.286. The van der Waals surface area contributed by atoms with E-state index < -0.39 is 5.60 Å². The molecule has 3 aromatic rings. The van der Waals surface area contributed by atoms with Gasteiger partial charge in [0.05, 0.1) is 23.4 Å². The van der Waals surface area contributed by atoms with Gasteiger partial charge in [-0.3, -0.25) is 0 Å². The molecule has 0 fully saturated rings. The maximum Gasteiger partial charge on any atom is 0.130 e. The van der Waals surface area contributed by atoms with E-state index in [0.717, 1.165) is 29.6 Å². The van der Waals surface area contributed by atoms with Crippen LogP contribution in [0, 0.1) is 11.3 Å². The minimum Gasteiger partial charge on any atom is -0.361 e. The lowest BCUT2D eigenvalue weighted by molar-refractivity contribution is -0.0512. The second kappa shape index (κ2) is 5.51. The van der Waals surface area contributed by atoms with E-state index in [0.29, 0.717) is 5.56 Å². The summed E-state index contributed by atoms with van der Waals surface area (Å²) >= 11 is 0. The Hall–Kier alpha value is -2.57. The number of aryl methyl sites for hydroxylation is 1. The summed E-state index contributed by atoms with van der Waals surface area (Å²) in [5.74, 6) is 0. The minimum atomic E-state index is -0.497. The molecule has 0 N–H and O–H groups in total. The standard InChI is InChI=1S/C21H20N2O/c1-15-10-11-23-19-9-8-16(14-22)12-17(19)13-20(23)21(2,24-15)18-6-4-3-5-7-18/h3-9,12-13,15H,10-11H2,1-2H3. The van der Waals surface area contributed by atoms with E-state index in [9.17, 15) is 5.26 Å². The Balaban J connectivity index is 1.98. The molecule has 0 bridgehead atoms. The van der Waals surface area contributed by atoms with Gasteiger partial charge in [0.2, 0.25) is 0 Å². The van der Waals surface area contributed by atoms with Crippen LogP contribution in [0.5, 0.6) is 0 Å². The van der Waals surface area contributed by atoms with Crippen molar-refractivity contribution >= 4 is 10.9 Å². The van der Waals surface area contributed by atoms with Gasteiger partial charge < -0.3 is 9.30 Å². The summed E-state index contributed by atoms with van der Waals surface area (Å²) in [5.41, 5.74) is 3.68. The number of hydrogen-bond acceptors (Lipinski definition) is 2. The SMILES string of the molecule is CC1CCn2c(cc3cc(C#N)ccc32)C(C)(c2ccccc2)O1. The summed E-state index contributed by atoms with van der Waals surface area (Å²) in [6.45, 7) is 5.22. The van der Waals surface area contributed by atoms with Crippen molar-refractivity contribution in [1.82, 2.24) is 4.57 Å². The summed E-state index contributed by atoms with van der Waals surface area (Å²) in [6.07, 6.45) is 1.16. The molecular weight excluding hydrogens is 296 g/mol. The van der Waals surface area contributed by atoms with Crippen LogP contribution in [0.3, 0.4) is 0 Å². The molecule has 1 aliphatic rings. The van der Waals surface area contributed by atoms with Crippen LogP contribution in [0.2, 0.25) is 0 Å². The molecule has 2 aromatic carbocycles. The van der Waals surface area contributed by atoms with Crippen molar-refractivity contribution in [2.24, 2.45) is 0 Å². The number of benzene rings is 2. The van der Waals surface area contributed by atoms with Crippen LogP contribution in [-0.2, 0) is 16.9 Å². The number of hydrogen-bond donors (Lipinski definition) is 0. The fourth-order valence-electron chi connectivity index (χ4n) is 3.78. The van der Waals surface area contributed by atoms with Gasteiger partial charge in [-0.25, -0.2) is 0 Å². The minimum absolute atomic E-state index is 0.184. The molecule has 3 heteroatoms. The Morgan fingerprint density at radius 1 is 1.17 bits per heavy atom. The molecule has 0 aliphatic carbocycles. The first kappa shape index (κ1) is 15.0. The summed E-state index contributed by atoms with van der Waals surface area (Å²) in [7, 11) is 0. The third-order valence-corrected chi connectivity index (χ3v) is 5.04. The summed E-state index contributed by atoms with van der Waals surface area (Å²) in [6, 6.07) is 20.7. The Bertz CT molecular complexity index is 936. The van der Waals surface area contributed by atoms with Gasteiger partial charge >= 0.3 is 0 Å². The van der Waals surface area contributed by atoms with E-state index in [-0.39, 0.29) is 6.10 Å². The van der Waals surface area contributed by atoms with Gasteiger partial charge in [0, 0.05) is 17.4 Å². The van der Waals surface area contributed by atoms with E-state index in [1.165, 1.54) is 5.52 Å². The summed E-state index contributed by atoms with van der Waals surface area (Å²) in [5, 5.41) is 10.3. The summed E-state index contributed by atoms with van der Waals surface area (Å²) in [4.78, 5) is 0. The first-order chi connectivity index (χ1) is 11.6. The Kier molecular flexibility index (Phi) is 3.44. The van der Waals surface area contributed by atoms with Crippen molar-refractivity contribution in [3.05, 3.63) is 71.4 Å². The van der Waals surface area contributed by atoms with Crippen LogP contribution < -0.4 is 0 Å². The van der Waals surface area contributed by atoms with E-state index in [1.54, 1.807) is 0 Å². The Labute approximate surface area is 142 Å². The lowest BCUT2D eigenvalue weighted by Gasteiger charge is -2.31. The monoisotopic (exact) mass is 316 g/mol. The zero-order valence-corrected chi connectivity index (χ0v) is 14.0. The van der Waals surface area contributed by atoms with Gasteiger partial charge in [-0.15, -0.1) is 0 Å². The molecule has 0 saturated heterocycles. The molecule has 3 nitrogen and oxygen atoms in total. The lowest BCUT2D eigenvalue weighted by atomic mass is 9.91. The first-order valence-electron chi connectivity index (χ1n) is 8.39. The lowest BCUT2D eigenvalue weighted by Crippen LogP contribution is -2.31. The molecule has 120 valence electrons. The van der Waals surface area contributed by atoms with Gasteiger partial charge in [0.15, 0.2) is 0 Å². The molecule has 1 aliphatic heterocycles. The van der Waals surface area contributed by atoms with Crippen LogP contribution >= 0.6 is 0 Å². The fourth-order valence-corrected chi connectivity index (χ4v) is 3.78. The zero-order chi connectivity index (χ0) is 16.7. The molecule has 24 heavy (non-hydrogen) atoms. The maximum absolute atomic E-state index is 9.18. The van der Waals surface area contributed by atoms with Crippen LogP contribution in [0.1, 0.15) is 37.1 Å². The van der Waals surface area contributed by atoms with E-state index in [2.05, 4.69) is 60.9 Å². The normalized spacial score (nSPS) is 23.5. The molecule has 0 saturated carbocycles. The number of fused-ring (bicyclic) bond motifs is 3. The third-order valence-electron chi connectivity index (χ3n) is 5.04. The molecule has 4 rings (SSSR count). The van der Waals surface area contributed by atoms with Gasteiger partial charge in [0.1, 0.15) is 5.60 Å². The van der Waals surface area contributed by atoms with Gasteiger partial charge in [-0.1, -0.05) is 30.3 Å². The second-order valence-corrected chi connectivity index (χ2v) is 6.68. The van der Waals surface area contributed by atoms with Crippen molar-refractivity contribution < 1.29 is 4.74 Å². The highest BCUT2D eigenvalue weighted by molar-refractivity contribution is 5.83. The van der Waals surface area contributed by atoms with Crippen LogP contribution in [0.15, 0.2) is 54.6 Å². The number of rotatable bonds is 1. The van der Waals surface area contributed by atoms with Crippen LogP contribution in [0.25, 0.3) is 10.9 Å². The molecular formula is C21H20N2O. The van der Waals surface area contributed by atoms with E-state index >= 15 is 0 Å². The topological polar surface area (TPSA) is 38.0 Å². The average molecular weight is 316 g/mol. The number of nitrogens with zero attached hydrogens (tertiary/aromatic N) is 2. The van der Waals surface area contributed by atoms with E-state index in [1.807, 2.05) is 18.2 Å². The molecule has 0 spiro atoms. The highest BCUT2D eigenvalue weighted by Crippen LogP contribution is 2.40. The molecule has 2 heterocycles. The highest BCUT2D eigenvalue weighted by atomic mass is 16.5. The van der Waals surface area contributed by atoms with E-state index in [4.69, 9.17) is 4.74 Å². The van der Waals surface area contributed by atoms with Crippen molar-refractivity contribution in [2.45, 2.75) is 38.5 Å². The average Bonchev–Trinajstić information content (AvgIpc) is 2.93. The van der Waals surface area contributed by atoms with Crippen molar-refractivity contribution in [2.75, 3.05) is 0 Å². The van der Waals surface area contributed by atoms with Crippen molar-refractivity contribution in [3.8, 4) is 6.07 Å². The van der Waals surface area contributed by atoms with Crippen molar-refractivity contribution in [1.29, 1.82) is 5.26 Å². The highest BCUT2D eigenvalue weighted by Gasteiger charge is 2.37. The third kappa shape index (κ3) is 2.23. The zero-order valence-electron chi connectivity index (χ0n) is 14.0. The van der Waals surface area contributed by atoms with Crippen molar-refractivity contribution in [3.63, 3.8) is 0 Å². The molecule has 2 atom stereocenters. The smallest absolute Gasteiger partial charge is 0.130 e. The second-order valence-electron chi connectivity index (χ2n) is 6.68. The predicted molar refractivity (Wildman–Crippen MR) is 94.7 cm³/mol. The Morgan fingerprint density at radius 3 is 2.71 bits per heavy atom. The molecule has 0 radical (unpaired) electrons. The van der Waals surface area contributed by atoms with Gasteiger partial charge in [0.25, 0.3) is 0 Å². The Morgan fingerprint density at radius 2 is 1.96 bits per heavy atom. The molecule has 2 unspecified atom stereocenters. The number of aromatic nitrogens is 1. The number of ether oxygens (including phenoxy) is 1. The predicted octanol–water partition coefficient (Wildman–Crippen LogP) is 4.59. The van der Waals surface area contributed by atoms with Crippen LogP contribution in [-0.4, -0.2) is 10.7 Å². The largest absolute Gasteiger partial charge is 0.361 e. The van der Waals surface area contributed by atoms with Crippen LogP contribution in [0.4, 0.5) is 0 Å². The molecule has 1 aromatic heterocycles. The quantitative estimate of drug-likeness (QED) is 0.659. The number of nitriles is 1. The maximum atomic E-state index is 9.18. The summed E-state index contributed by atoms with van der Waals surface area (Å²) < 4.78 is 8.87. The van der Waals surface area contributed by atoms with Gasteiger partial charge in [-0.05, 0) is 50.1 Å². The van der Waals surface area contributed by atoms with Gasteiger partial charge in [-0.2, -0.15) is 5.26 Å².